The third-order valence-corrected chi connectivity index (χ3v) is 4.61. The van der Waals surface area contributed by atoms with Gasteiger partial charge in [0, 0.05) is 11.6 Å². The lowest BCUT2D eigenvalue weighted by atomic mass is 10.1. The molecule has 4 nitrogen and oxygen atoms in total. The minimum atomic E-state index is -0.101. The number of anilines is 1. The molecule has 2 aromatic carbocycles. The molecule has 0 aliphatic heterocycles. The number of Topliss-reactive ketones (excluding diaryl/α,β-unsaturated/α-hetero) is 1. The van der Waals surface area contributed by atoms with Crippen molar-refractivity contribution >= 4 is 17.4 Å². The summed E-state index contributed by atoms with van der Waals surface area (Å²) >= 11 is 0. The van der Waals surface area contributed by atoms with Crippen LogP contribution < -0.4 is 5.32 Å². The number of aryl methyl sites for hydroxylation is 1. The fraction of sp³-hybridized carbons (Fsp3) is 0.300. The van der Waals surface area contributed by atoms with Crippen molar-refractivity contribution in [3.05, 3.63) is 65.2 Å². The molecule has 1 aliphatic rings. The second-order valence-corrected chi connectivity index (χ2v) is 6.32. The second-order valence-electron chi connectivity index (χ2n) is 6.32. The summed E-state index contributed by atoms with van der Waals surface area (Å²) in [6.07, 6.45) is 2.09. The van der Waals surface area contributed by atoms with Crippen molar-refractivity contribution in [2.75, 3.05) is 18.9 Å². The largest absolute Gasteiger partial charge is 0.324 e. The molecule has 0 spiro atoms. The Hall–Kier alpha value is -2.46. The molecule has 0 fully saturated rings. The summed E-state index contributed by atoms with van der Waals surface area (Å²) < 4.78 is 0. The van der Waals surface area contributed by atoms with Gasteiger partial charge in [0.1, 0.15) is 0 Å². The minimum Gasteiger partial charge on any atom is -0.324 e. The zero-order valence-corrected chi connectivity index (χ0v) is 14.1. The van der Waals surface area contributed by atoms with Crippen molar-refractivity contribution in [1.82, 2.24) is 4.90 Å². The number of ketones is 1. The molecule has 0 saturated carbocycles. The molecule has 1 aliphatic carbocycles. The van der Waals surface area contributed by atoms with E-state index in [1.807, 2.05) is 19.2 Å². The highest BCUT2D eigenvalue weighted by Crippen LogP contribution is 2.34. The molecule has 2 aromatic rings. The Balaban J connectivity index is 1.67. The van der Waals surface area contributed by atoms with E-state index in [0.717, 1.165) is 12.8 Å². The lowest BCUT2D eigenvalue weighted by molar-refractivity contribution is -0.117. The van der Waals surface area contributed by atoms with Crippen LogP contribution in [0.4, 0.5) is 5.69 Å². The number of likely N-dealkylation sites (N-methyl/N-ethyl adjacent to an activating group) is 1. The van der Waals surface area contributed by atoms with E-state index in [-0.39, 0.29) is 17.7 Å². The average Bonchev–Trinajstić information content (AvgIpc) is 2.99. The molecular weight excluding hydrogens is 300 g/mol. The predicted molar refractivity (Wildman–Crippen MR) is 95.2 cm³/mol. The Morgan fingerprint density at radius 1 is 1.12 bits per heavy atom. The van der Waals surface area contributed by atoms with Gasteiger partial charge in [0.2, 0.25) is 5.91 Å². The van der Waals surface area contributed by atoms with E-state index in [4.69, 9.17) is 0 Å². The molecule has 1 atom stereocenters. The maximum absolute atomic E-state index is 12.4. The van der Waals surface area contributed by atoms with Crippen molar-refractivity contribution in [2.45, 2.75) is 25.8 Å². The number of rotatable bonds is 5. The summed E-state index contributed by atoms with van der Waals surface area (Å²) in [6, 6.07) is 15.8. The van der Waals surface area contributed by atoms with Gasteiger partial charge < -0.3 is 5.32 Å². The number of benzene rings is 2. The number of carbonyl (C=O) groups excluding carboxylic acids is 2. The Morgan fingerprint density at radius 2 is 1.83 bits per heavy atom. The second kappa shape index (κ2) is 6.97. The third-order valence-electron chi connectivity index (χ3n) is 4.61. The van der Waals surface area contributed by atoms with Gasteiger partial charge in [0.25, 0.3) is 0 Å². The third kappa shape index (κ3) is 3.39. The average molecular weight is 322 g/mol. The van der Waals surface area contributed by atoms with Crippen LogP contribution in [0.25, 0.3) is 0 Å². The molecule has 1 N–H and O–H groups in total. The molecule has 0 bridgehead atoms. The van der Waals surface area contributed by atoms with Gasteiger partial charge >= 0.3 is 0 Å². The van der Waals surface area contributed by atoms with Crippen molar-refractivity contribution in [3.8, 4) is 0 Å². The van der Waals surface area contributed by atoms with E-state index in [0.29, 0.717) is 17.8 Å². The van der Waals surface area contributed by atoms with Gasteiger partial charge in [-0.1, -0.05) is 36.4 Å². The van der Waals surface area contributed by atoms with Crippen LogP contribution in [0.15, 0.2) is 48.5 Å². The zero-order chi connectivity index (χ0) is 17.1. The Kier molecular flexibility index (Phi) is 4.76. The van der Waals surface area contributed by atoms with Gasteiger partial charge in [-0.2, -0.15) is 0 Å². The number of carbonyl (C=O) groups is 2. The van der Waals surface area contributed by atoms with E-state index >= 15 is 0 Å². The van der Waals surface area contributed by atoms with Crippen LogP contribution in [-0.4, -0.2) is 30.2 Å². The van der Waals surface area contributed by atoms with Crippen molar-refractivity contribution in [3.63, 3.8) is 0 Å². The number of amides is 1. The first-order valence-electron chi connectivity index (χ1n) is 8.24. The monoisotopic (exact) mass is 322 g/mol. The van der Waals surface area contributed by atoms with Crippen molar-refractivity contribution in [1.29, 1.82) is 0 Å². The van der Waals surface area contributed by atoms with Crippen LogP contribution in [0, 0.1) is 0 Å². The van der Waals surface area contributed by atoms with Gasteiger partial charge in [-0.15, -0.1) is 0 Å². The normalized spacial score (nSPS) is 16.0. The predicted octanol–water partition coefficient (Wildman–Crippen LogP) is 3.45. The van der Waals surface area contributed by atoms with Gasteiger partial charge in [-0.25, -0.2) is 0 Å². The SMILES string of the molecule is CC(=O)c1ccccc1NC(=O)CN(C)[C@@H]1CCc2ccccc21. The smallest absolute Gasteiger partial charge is 0.238 e. The summed E-state index contributed by atoms with van der Waals surface area (Å²) in [5.74, 6) is -0.153. The van der Waals surface area contributed by atoms with E-state index in [9.17, 15) is 9.59 Å². The van der Waals surface area contributed by atoms with Crippen molar-refractivity contribution in [2.24, 2.45) is 0 Å². The standard InChI is InChI=1S/C20H22N2O2/c1-14(23)16-8-5-6-10-18(16)21-20(24)13-22(2)19-12-11-15-7-3-4-9-17(15)19/h3-10,19H,11-13H2,1-2H3,(H,21,24)/t19-/m1/s1. The summed E-state index contributed by atoms with van der Waals surface area (Å²) in [4.78, 5) is 26.1. The number of fused-ring (bicyclic) bond motifs is 1. The molecule has 4 heteroatoms. The van der Waals surface area contributed by atoms with Crippen LogP contribution >= 0.6 is 0 Å². The number of hydrogen-bond donors (Lipinski definition) is 1. The molecular formula is C20H22N2O2. The molecule has 0 unspecified atom stereocenters. The number of para-hydroxylation sites is 1. The summed E-state index contributed by atoms with van der Waals surface area (Å²) in [6.45, 7) is 1.80. The molecule has 124 valence electrons. The van der Waals surface area contributed by atoms with E-state index in [1.165, 1.54) is 18.1 Å². The molecule has 0 aromatic heterocycles. The highest BCUT2D eigenvalue weighted by molar-refractivity contribution is 6.04. The molecule has 1 amide bonds. The summed E-state index contributed by atoms with van der Waals surface area (Å²) in [5, 5.41) is 2.87. The number of nitrogens with zero attached hydrogens (tertiary/aromatic N) is 1. The number of nitrogens with one attached hydrogen (secondary N) is 1. The first-order valence-corrected chi connectivity index (χ1v) is 8.24. The molecule has 24 heavy (non-hydrogen) atoms. The number of hydrogen-bond acceptors (Lipinski definition) is 3. The molecule has 0 saturated heterocycles. The van der Waals surface area contributed by atoms with E-state index in [1.54, 1.807) is 18.2 Å². The molecule has 3 rings (SSSR count). The first-order chi connectivity index (χ1) is 11.6. The Morgan fingerprint density at radius 3 is 2.62 bits per heavy atom. The topological polar surface area (TPSA) is 49.4 Å². The maximum Gasteiger partial charge on any atom is 0.238 e. The van der Waals surface area contributed by atoms with Crippen LogP contribution in [0.2, 0.25) is 0 Å². The van der Waals surface area contributed by atoms with Gasteiger partial charge in [0.05, 0.1) is 12.2 Å². The van der Waals surface area contributed by atoms with Crippen molar-refractivity contribution < 1.29 is 9.59 Å². The van der Waals surface area contributed by atoms with Crippen LogP contribution in [0.3, 0.4) is 0 Å². The van der Waals surface area contributed by atoms with Gasteiger partial charge in [-0.3, -0.25) is 14.5 Å². The molecule has 0 radical (unpaired) electrons. The summed E-state index contributed by atoms with van der Waals surface area (Å²) in [5.41, 5.74) is 3.81. The Bertz CT molecular complexity index is 770. The van der Waals surface area contributed by atoms with Crippen LogP contribution in [-0.2, 0) is 11.2 Å². The van der Waals surface area contributed by atoms with E-state index < -0.39 is 0 Å². The zero-order valence-electron chi connectivity index (χ0n) is 14.1. The minimum absolute atomic E-state index is 0.0519. The highest BCUT2D eigenvalue weighted by Gasteiger charge is 2.26. The van der Waals surface area contributed by atoms with Crippen LogP contribution in [0.5, 0.6) is 0 Å². The quantitative estimate of drug-likeness (QED) is 0.858. The summed E-state index contributed by atoms with van der Waals surface area (Å²) in [7, 11) is 1.98. The Labute approximate surface area is 142 Å². The van der Waals surface area contributed by atoms with Gasteiger partial charge in [0.15, 0.2) is 5.78 Å². The van der Waals surface area contributed by atoms with E-state index in [2.05, 4.69) is 28.4 Å². The maximum atomic E-state index is 12.4. The lowest BCUT2D eigenvalue weighted by Crippen LogP contribution is -2.32. The first kappa shape index (κ1) is 16.4. The van der Waals surface area contributed by atoms with Gasteiger partial charge in [-0.05, 0) is 50.1 Å². The lowest BCUT2D eigenvalue weighted by Gasteiger charge is -2.24. The highest BCUT2D eigenvalue weighted by atomic mass is 16.2. The fourth-order valence-corrected chi connectivity index (χ4v) is 3.42. The molecule has 0 heterocycles. The fourth-order valence-electron chi connectivity index (χ4n) is 3.42. The van der Waals surface area contributed by atoms with Crippen LogP contribution in [0.1, 0.15) is 40.9 Å².